The molecule has 1 aliphatic rings. The molecule has 1 aromatic carbocycles. The fraction of sp³-hybridized carbons (Fsp3) is 0.591. The van der Waals surface area contributed by atoms with Gasteiger partial charge in [0.2, 0.25) is 11.9 Å². The molecule has 1 fully saturated rings. The van der Waals surface area contributed by atoms with E-state index in [2.05, 4.69) is 27.9 Å². The summed E-state index contributed by atoms with van der Waals surface area (Å²) in [5.74, 6) is 2.48. The van der Waals surface area contributed by atoms with Crippen molar-refractivity contribution in [3.05, 3.63) is 12.1 Å². The van der Waals surface area contributed by atoms with Crippen molar-refractivity contribution in [2.45, 2.75) is 31.7 Å². The summed E-state index contributed by atoms with van der Waals surface area (Å²) in [7, 11) is 5.39. The van der Waals surface area contributed by atoms with E-state index >= 15 is 0 Å². The van der Waals surface area contributed by atoms with Gasteiger partial charge in [0.1, 0.15) is 11.7 Å². The van der Waals surface area contributed by atoms with Gasteiger partial charge in [-0.3, -0.25) is 4.79 Å². The molecular weight excluding hydrogens is 432 g/mol. The van der Waals surface area contributed by atoms with Crippen LogP contribution in [0.2, 0.25) is 0 Å². The first-order chi connectivity index (χ1) is 15.5. The van der Waals surface area contributed by atoms with Crippen LogP contribution in [0.15, 0.2) is 12.1 Å². The highest BCUT2D eigenvalue weighted by Crippen LogP contribution is 2.35. The van der Waals surface area contributed by atoms with Gasteiger partial charge in [-0.25, -0.2) is 4.98 Å². The van der Waals surface area contributed by atoms with Crippen LogP contribution in [0.5, 0.6) is 11.5 Å². The smallest absolute Gasteiger partial charge is 0.234 e. The maximum Gasteiger partial charge on any atom is 0.234 e. The minimum atomic E-state index is -0.147. The van der Waals surface area contributed by atoms with Gasteiger partial charge in [-0.2, -0.15) is 4.98 Å². The van der Waals surface area contributed by atoms with Crippen molar-refractivity contribution in [3.63, 3.8) is 0 Å². The second kappa shape index (κ2) is 11.9. The number of ether oxygens (including phenoxy) is 2. The SMILES string of the molecule is COc1cc2nc(NCCCCNC(=O)CCl)nc(NC3CCN(C)CC3)c2cc1OC. The molecule has 32 heavy (non-hydrogen) atoms. The number of halogens is 1. The summed E-state index contributed by atoms with van der Waals surface area (Å²) in [5, 5.41) is 10.6. The number of aromatic nitrogens is 2. The molecule has 1 aliphatic heterocycles. The predicted molar refractivity (Wildman–Crippen MR) is 128 cm³/mol. The minimum Gasteiger partial charge on any atom is -0.493 e. The molecule has 0 radical (unpaired) electrons. The Hall–Kier alpha value is -2.52. The lowest BCUT2D eigenvalue weighted by Crippen LogP contribution is -2.37. The summed E-state index contributed by atoms with van der Waals surface area (Å²) < 4.78 is 11.0. The molecule has 1 saturated heterocycles. The Kier molecular flexibility index (Phi) is 8.99. The first-order valence-corrected chi connectivity index (χ1v) is 11.5. The Morgan fingerprint density at radius 2 is 1.81 bits per heavy atom. The van der Waals surface area contributed by atoms with E-state index in [0.29, 0.717) is 36.6 Å². The highest BCUT2D eigenvalue weighted by Gasteiger charge is 2.20. The first kappa shape index (κ1) is 24.1. The number of methoxy groups -OCH3 is 2. The minimum absolute atomic E-state index is 0.00944. The van der Waals surface area contributed by atoms with E-state index in [1.54, 1.807) is 14.2 Å². The quantitative estimate of drug-likeness (QED) is 0.345. The lowest BCUT2D eigenvalue weighted by atomic mass is 10.1. The topological polar surface area (TPSA) is 101 Å². The average molecular weight is 465 g/mol. The average Bonchev–Trinajstić information content (AvgIpc) is 2.81. The van der Waals surface area contributed by atoms with Gasteiger partial charge in [-0.1, -0.05) is 0 Å². The molecule has 3 N–H and O–H groups in total. The Morgan fingerprint density at radius 3 is 2.50 bits per heavy atom. The molecule has 0 saturated carbocycles. The number of anilines is 2. The molecule has 1 amide bonds. The zero-order valence-electron chi connectivity index (χ0n) is 19.0. The summed E-state index contributed by atoms with van der Waals surface area (Å²) in [6, 6.07) is 4.16. The fourth-order valence-corrected chi connectivity index (χ4v) is 3.81. The van der Waals surface area contributed by atoms with Gasteiger partial charge in [0.05, 0.1) is 19.7 Å². The number of nitrogens with zero attached hydrogens (tertiary/aromatic N) is 3. The van der Waals surface area contributed by atoms with E-state index in [4.69, 9.17) is 31.0 Å². The highest BCUT2D eigenvalue weighted by molar-refractivity contribution is 6.27. The second-order valence-electron chi connectivity index (χ2n) is 7.96. The number of rotatable bonds is 11. The normalized spacial score (nSPS) is 14.9. The molecule has 9 nitrogen and oxygen atoms in total. The third kappa shape index (κ3) is 6.49. The van der Waals surface area contributed by atoms with Gasteiger partial charge in [-0.15, -0.1) is 11.6 Å². The van der Waals surface area contributed by atoms with Crippen LogP contribution in [0.25, 0.3) is 10.9 Å². The number of nitrogens with one attached hydrogen (secondary N) is 3. The summed E-state index contributed by atoms with van der Waals surface area (Å²) in [6.07, 6.45) is 3.83. The third-order valence-corrected chi connectivity index (χ3v) is 5.83. The molecule has 0 unspecified atom stereocenters. The van der Waals surface area contributed by atoms with E-state index in [0.717, 1.165) is 55.5 Å². The number of hydrogen-bond donors (Lipinski definition) is 3. The molecule has 10 heteroatoms. The Morgan fingerprint density at radius 1 is 1.12 bits per heavy atom. The van der Waals surface area contributed by atoms with Crippen LogP contribution in [0.1, 0.15) is 25.7 Å². The number of amides is 1. The summed E-state index contributed by atoms with van der Waals surface area (Å²) in [5.41, 5.74) is 0.782. The monoisotopic (exact) mass is 464 g/mol. The number of carbonyl (C=O) groups is 1. The molecule has 0 atom stereocenters. The zero-order valence-corrected chi connectivity index (χ0v) is 19.8. The van der Waals surface area contributed by atoms with Crippen LogP contribution in [-0.2, 0) is 4.79 Å². The maximum atomic E-state index is 11.2. The van der Waals surface area contributed by atoms with Gasteiger partial charge >= 0.3 is 0 Å². The number of piperidine rings is 1. The number of benzene rings is 1. The van der Waals surface area contributed by atoms with Crippen molar-refractivity contribution >= 4 is 40.2 Å². The maximum absolute atomic E-state index is 11.2. The number of carbonyl (C=O) groups excluding carboxylic acids is 1. The van der Waals surface area contributed by atoms with Crippen molar-refractivity contribution in [2.24, 2.45) is 0 Å². The molecular formula is C22H33ClN6O3. The van der Waals surface area contributed by atoms with E-state index < -0.39 is 0 Å². The standard InChI is InChI=1S/C22H33ClN6O3/c1-29-10-6-15(7-11-29)26-21-16-12-18(31-2)19(32-3)13-17(16)27-22(28-21)25-9-5-4-8-24-20(30)14-23/h12-13,15H,4-11,14H2,1-3H3,(H,24,30)(H2,25,26,27,28). The third-order valence-electron chi connectivity index (χ3n) is 5.59. The Labute approximate surface area is 194 Å². The number of alkyl halides is 1. The van der Waals surface area contributed by atoms with Crippen molar-refractivity contribution in [2.75, 3.05) is 64.0 Å². The Bertz CT molecular complexity index is 905. The second-order valence-corrected chi connectivity index (χ2v) is 8.23. The van der Waals surface area contributed by atoms with E-state index in [-0.39, 0.29) is 11.8 Å². The first-order valence-electron chi connectivity index (χ1n) is 11.0. The van der Waals surface area contributed by atoms with E-state index in [9.17, 15) is 4.79 Å². The summed E-state index contributed by atoms with van der Waals surface area (Å²) in [4.78, 5) is 23.0. The van der Waals surface area contributed by atoms with Crippen LogP contribution in [0, 0.1) is 0 Å². The lowest BCUT2D eigenvalue weighted by molar-refractivity contribution is -0.118. The van der Waals surface area contributed by atoms with Crippen LogP contribution in [-0.4, -0.2) is 80.1 Å². The molecule has 3 rings (SSSR count). The highest BCUT2D eigenvalue weighted by atomic mass is 35.5. The van der Waals surface area contributed by atoms with Crippen LogP contribution in [0.3, 0.4) is 0 Å². The number of hydrogen-bond acceptors (Lipinski definition) is 8. The van der Waals surface area contributed by atoms with Crippen molar-refractivity contribution in [1.29, 1.82) is 0 Å². The Balaban J connectivity index is 1.75. The number of unbranched alkanes of at least 4 members (excludes halogenated alkanes) is 1. The van der Waals surface area contributed by atoms with Crippen molar-refractivity contribution in [3.8, 4) is 11.5 Å². The van der Waals surface area contributed by atoms with Crippen molar-refractivity contribution in [1.82, 2.24) is 20.2 Å². The largest absolute Gasteiger partial charge is 0.493 e. The van der Waals surface area contributed by atoms with Crippen LogP contribution >= 0.6 is 11.6 Å². The van der Waals surface area contributed by atoms with Gasteiger partial charge < -0.3 is 30.3 Å². The molecule has 2 heterocycles. The van der Waals surface area contributed by atoms with Gasteiger partial charge in [0.15, 0.2) is 11.5 Å². The van der Waals surface area contributed by atoms with E-state index in [1.165, 1.54) is 0 Å². The van der Waals surface area contributed by atoms with Crippen LogP contribution < -0.4 is 25.4 Å². The molecule has 0 spiro atoms. The lowest BCUT2D eigenvalue weighted by Gasteiger charge is -2.30. The molecule has 176 valence electrons. The zero-order chi connectivity index (χ0) is 22.9. The molecule has 0 bridgehead atoms. The van der Waals surface area contributed by atoms with Gasteiger partial charge in [0, 0.05) is 30.6 Å². The van der Waals surface area contributed by atoms with Gasteiger partial charge in [-0.05, 0) is 51.9 Å². The number of likely N-dealkylation sites (tertiary alicyclic amines) is 1. The summed E-state index contributed by atoms with van der Waals surface area (Å²) >= 11 is 5.49. The van der Waals surface area contributed by atoms with Gasteiger partial charge in [0.25, 0.3) is 0 Å². The van der Waals surface area contributed by atoms with E-state index in [1.807, 2.05) is 12.1 Å². The molecule has 1 aromatic heterocycles. The molecule has 0 aliphatic carbocycles. The summed E-state index contributed by atoms with van der Waals surface area (Å²) in [6.45, 7) is 3.42. The molecule has 2 aromatic rings. The fourth-order valence-electron chi connectivity index (χ4n) is 3.72. The van der Waals surface area contributed by atoms with Crippen LogP contribution in [0.4, 0.5) is 11.8 Å². The number of fused-ring (bicyclic) bond motifs is 1. The predicted octanol–water partition coefficient (Wildman–Crippen LogP) is 2.70. The van der Waals surface area contributed by atoms with Crippen molar-refractivity contribution < 1.29 is 14.3 Å².